The van der Waals surface area contributed by atoms with Gasteiger partial charge in [-0.15, -0.1) is 0 Å². The van der Waals surface area contributed by atoms with Gasteiger partial charge < -0.3 is 19.9 Å². The molecule has 56 heavy (non-hydrogen) atoms. The number of ether oxygens (including phenoxy) is 2. The van der Waals surface area contributed by atoms with Crippen LogP contribution in [-0.4, -0.2) is 38.5 Å². The molecule has 1 aromatic heterocycles. The van der Waals surface area contributed by atoms with E-state index >= 15 is 0 Å². The first-order valence-electron chi connectivity index (χ1n) is 19.1. The predicted molar refractivity (Wildman–Crippen MR) is 218 cm³/mol. The van der Waals surface area contributed by atoms with Crippen LogP contribution >= 0.6 is 0 Å². The van der Waals surface area contributed by atoms with E-state index in [4.69, 9.17) is 9.47 Å². The Kier molecular flexibility index (Phi) is 11.6. The van der Waals surface area contributed by atoms with Gasteiger partial charge in [-0.3, -0.25) is 14.7 Å². The highest BCUT2D eigenvalue weighted by molar-refractivity contribution is 5.93. The second kappa shape index (κ2) is 17.6. The standard InChI is InChI=1S/C48H44N4O4/c53-33-36-21-23-38(24-22-36)46-27-42(32-52(30-34-11-3-1-4-12-34)31-35-13-5-2-6-14-35)55-48(56-46)41-18-10-17-40(26-41)39-16-9-15-37(25-39)28-50-47(54)45-29-49-43-19-7-8-20-44(43)51-45/h1-26,29,42,46,48,53H,27-28,30-33H2,(H,50,54). The molecule has 0 spiro atoms. The summed E-state index contributed by atoms with van der Waals surface area (Å²) in [4.78, 5) is 24.3. The second-order valence-electron chi connectivity index (χ2n) is 14.2. The third-order valence-corrected chi connectivity index (χ3v) is 10.1. The van der Waals surface area contributed by atoms with Gasteiger partial charge in [0.1, 0.15) is 5.69 Å². The first-order valence-corrected chi connectivity index (χ1v) is 19.1. The Bertz CT molecular complexity index is 2330. The van der Waals surface area contributed by atoms with Crippen LogP contribution in [0.4, 0.5) is 0 Å². The second-order valence-corrected chi connectivity index (χ2v) is 14.2. The van der Waals surface area contributed by atoms with E-state index in [1.807, 2.05) is 54.6 Å². The first kappa shape index (κ1) is 36.9. The molecule has 1 amide bonds. The molecule has 8 nitrogen and oxygen atoms in total. The zero-order valence-electron chi connectivity index (χ0n) is 31.1. The Morgan fingerprint density at radius 1 is 0.661 bits per heavy atom. The summed E-state index contributed by atoms with van der Waals surface area (Å²) in [7, 11) is 0. The molecule has 0 radical (unpaired) electrons. The van der Waals surface area contributed by atoms with Crippen molar-refractivity contribution >= 4 is 16.9 Å². The number of fused-ring (bicyclic) bond motifs is 1. The summed E-state index contributed by atoms with van der Waals surface area (Å²) in [6.07, 6.45) is 1.28. The highest BCUT2D eigenvalue weighted by atomic mass is 16.7. The fraction of sp³-hybridized carbons (Fsp3) is 0.188. The van der Waals surface area contributed by atoms with Gasteiger partial charge >= 0.3 is 0 Å². The summed E-state index contributed by atoms with van der Waals surface area (Å²) in [6.45, 7) is 2.63. The largest absolute Gasteiger partial charge is 0.392 e. The van der Waals surface area contributed by atoms with E-state index in [1.54, 1.807) is 0 Å². The molecule has 1 fully saturated rings. The van der Waals surface area contributed by atoms with Gasteiger partial charge in [-0.05, 0) is 63.2 Å². The lowest BCUT2D eigenvalue weighted by Gasteiger charge is -2.38. The average Bonchev–Trinajstić information content (AvgIpc) is 3.26. The number of rotatable bonds is 13. The molecule has 3 atom stereocenters. The van der Waals surface area contributed by atoms with Gasteiger partial charge in [0.15, 0.2) is 6.29 Å². The molecular weight excluding hydrogens is 697 g/mol. The molecule has 8 rings (SSSR count). The fourth-order valence-electron chi connectivity index (χ4n) is 7.25. The number of nitrogens with one attached hydrogen (secondary N) is 1. The minimum Gasteiger partial charge on any atom is -0.392 e. The quantitative estimate of drug-likeness (QED) is 0.122. The van der Waals surface area contributed by atoms with Crippen LogP contribution in [0.2, 0.25) is 0 Å². The zero-order chi connectivity index (χ0) is 38.1. The van der Waals surface area contributed by atoms with Crippen LogP contribution in [0.1, 0.15) is 62.7 Å². The highest BCUT2D eigenvalue weighted by Gasteiger charge is 2.33. The zero-order valence-corrected chi connectivity index (χ0v) is 31.1. The van der Waals surface area contributed by atoms with Crippen LogP contribution in [0.5, 0.6) is 0 Å². The molecule has 2 heterocycles. The normalized spacial score (nSPS) is 16.9. The van der Waals surface area contributed by atoms with Crippen LogP contribution in [0.25, 0.3) is 22.2 Å². The van der Waals surface area contributed by atoms with Gasteiger partial charge in [0, 0.05) is 38.2 Å². The van der Waals surface area contributed by atoms with Gasteiger partial charge in [0.25, 0.3) is 5.91 Å². The molecule has 280 valence electrons. The molecule has 1 aliphatic rings. The maximum Gasteiger partial charge on any atom is 0.271 e. The van der Waals surface area contributed by atoms with E-state index in [2.05, 4.69) is 123 Å². The Balaban J connectivity index is 1.02. The lowest BCUT2D eigenvalue weighted by Crippen LogP contribution is -2.39. The molecule has 0 saturated carbocycles. The van der Waals surface area contributed by atoms with Gasteiger partial charge in [-0.25, -0.2) is 4.98 Å². The van der Waals surface area contributed by atoms with Crippen molar-refractivity contribution in [1.82, 2.24) is 20.2 Å². The summed E-state index contributed by atoms with van der Waals surface area (Å²) in [5, 5.41) is 12.7. The number of para-hydroxylation sites is 2. The number of hydrogen-bond acceptors (Lipinski definition) is 7. The number of aromatic nitrogens is 2. The Labute approximate surface area is 327 Å². The fourth-order valence-corrected chi connectivity index (χ4v) is 7.25. The van der Waals surface area contributed by atoms with Crippen LogP contribution in [0, 0.1) is 0 Å². The first-order chi connectivity index (χ1) is 27.6. The minimum atomic E-state index is -0.600. The van der Waals surface area contributed by atoms with Crippen molar-refractivity contribution in [3.05, 3.63) is 203 Å². The summed E-state index contributed by atoms with van der Waals surface area (Å²) < 4.78 is 13.6. The number of nitrogens with zero attached hydrogens (tertiary/aromatic N) is 3. The molecule has 6 aromatic carbocycles. The molecular formula is C48H44N4O4. The van der Waals surface area contributed by atoms with Crippen molar-refractivity contribution in [2.24, 2.45) is 0 Å². The SMILES string of the molecule is O=C(NCc1cccc(-c2cccc(C3OC(CN(Cc4ccccc4)Cc4ccccc4)CC(c4ccc(CO)cc4)O3)c2)c1)c1cnc2ccccc2n1. The molecule has 1 aliphatic heterocycles. The molecule has 0 aliphatic carbocycles. The monoisotopic (exact) mass is 740 g/mol. The average molecular weight is 741 g/mol. The number of benzene rings is 6. The number of hydrogen-bond donors (Lipinski definition) is 2. The lowest BCUT2D eigenvalue weighted by molar-refractivity contribution is -0.253. The Morgan fingerprint density at radius 3 is 2.02 bits per heavy atom. The lowest BCUT2D eigenvalue weighted by atomic mass is 9.98. The highest BCUT2D eigenvalue weighted by Crippen LogP contribution is 2.39. The molecule has 7 aromatic rings. The number of amides is 1. The van der Waals surface area contributed by atoms with Crippen LogP contribution < -0.4 is 5.32 Å². The summed E-state index contributed by atoms with van der Waals surface area (Å²) in [5.41, 5.74) is 10.1. The molecule has 1 saturated heterocycles. The van der Waals surface area contributed by atoms with Gasteiger partial charge in [-0.2, -0.15) is 0 Å². The molecule has 8 heteroatoms. The molecule has 2 N–H and O–H groups in total. The summed E-state index contributed by atoms with van der Waals surface area (Å²) in [5.74, 6) is -0.275. The van der Waals surface area contributed by atoms with E-state index in [-0.39, 0.29) is 30.4 Å². The van der Waals surface area contributed by atoms with Gasteiger partial charge in [-0.1, -0.05) is 133 Å². The third-order valence-electron chi connectivity index (χ3n) is 10.1. The van der Waals surface area contributed by atoms with Crippen molar-refractivity contribution in [3.63, 3.8) is 0 Å². The van der Waals surface area contributed by atoms with Crippen LogP contribution in [-0.2, 0) is 35.7 Å². The molecule has 3 unspecified atom stereocenters. The number of carbonyl (C=O) groups excluding carboxylic acids is 1. The van der Waals surface area contributed by atoms with E-state index in [0.29, 0.717) is 25.0 Å². The van der Waals surface area contributed by atoms with Crippen molar-refractivity contribution in [2.45, 2.75) is 51.2 Å². The smallest absolute Gasteiger partial charge is 0.271 e. The number of aliphatic hydroxyl groups is 1. The third kappa shape index (κ3) is 9.25. The van der Waals surface area contributed by atoms with E-state index in [1.165, 1.54) is 17.3 Å². The van der Waals surface area contributed by atoms with Crippen molar-refractivity contribution in [3.8, 4) is 11.1 Å². The summed E-state index contributed by atoms with van der Waals surface area (Å²) in [6, 6.07) is 53.1. The number of carbonyl (C=O) groups is 1. The Morgan fingerprint density at radius 2 is 1.30 bits per heavy atom. The minimum absolute atomic E-state index is 0.00635. The van der Waals surface area contributed by atoms with E-state index < -0.39 is 6.29 Å². The van der Waals surface area contributed by atoms with E-state index in [9.17, 15) is 9.90 Å². The number of aliphatic hydroxyl groups excluding tert-OH is 1. The van der Waals surface area contributed by atoms with Crippen LogP contribution in [0.3, 0.4) is 0 Å². The predicted octanol–water partition coefficient (Wildman–Crippen LogP) is 8.97. The van der Waals surface area contributed by atoms with Crippen molar-refractivity contribution < 1.29 is 19.4 Å². The van der Waals surface area contributed by atoms with Crippen LogP contribution in [0.15, 0.2) is 164 Å². The summed E-state index contributed by atoms with van der Waals surface area (Å²) >= 11 is 0. The van der Waals surface area contributed by atoms with Gasteiger partial charge in [0.2, 0.25) is 0 Å². The van der Waals surface area contributed by atoms with Crippen molar-refractivity contribution in [1.29, 1.82) is 0 Å². The maximum absolute atomic E-state index is 13.0. The van der Waals surface area contributed by atoms with Crippen molar-refractivity contribution in [2.75, 3.05) is 6.54 Å². The maximum atomic E-state index is 13.0. The topological polar surface area (TPSA) is 96.8 Å². The Hall–Kier alpha value is -6.03. The van der Waals surface area contributed by atoms with E-state index in [0.717, 1.165) is 52.0 Å². The molecule has 0 bridgehead atoms. The van der Waals surface area contributed by atoms with Gasteiger partial charge in [0.05, 0.1) is 36.0 Å².